The zero-order valence-corrected chi connectivity index (χ0v) is 14.6. The van der Waals surface area contributed by atoms with Crippen molar-refractivity contribution in [2.45, 2.75) is 13.0 Å². The van der Waals surface area contributed by atoms with Gasteiger partial charge in [-0.2, -0.15) is 0 Å². The van der Waals surface area contributed by atoms with Crippen molar-refractivity contribution < 1.29 is 18.7 Å². The first-order valence-electron chi connectivity index (χ1n) is 8.41. The van der Waals surface area contributed by atoms with Gasteiger partial charge < -0.3 is 19.4 Å². The van der Waals surface area contributed by atoms with E-state index in [1.165, 1.54) is 19.2 Å². The Bertz CT molecular complexity index is 996. The van der Waals surface area contributed by atoms with E-state index in [2.05, 4.69) is 4.98 Å². The van der Waals surface area contributed by atoms with Gasteiger partial charge >= 0.3 is 0 Å². The number of nitrogens with one attached hydrogen (secondary N) is 1. The zero-order chi connectivity index (χ0) is 18.3. The number of fused-ring (bicyclic) bond motifs is 3. The molecule has 0 spiro atoms. The largest absolute Gasteiger partial charge is 0.497 e. The molecule has 3 aromatic rings. The molecule has 0 unspecified atom stereocenters. The molecule has 0 fully saturated rings. The highest BCUT2D eigenvalue weighted by Gasteiger charge is 2.26. The Morgan fingerprint density at radius 3 is 2.77 bits per heavy atom. The number of hydrogen-bond donors (Lipinski definition) is 1. The summed E-state index contributed by atoms with van der Waals surface area (Å²) in [6.07, 6.45) is 0.704. The predicted octanol–water partition coefficient (Wildman–Crippen LogP) is 3.52. The fourth-order valence-electron chi connectivity index (χ4n) is 3.51. The number of carbonyl (C=O) groups excluding carboxylic acids is 1. The molecule has 0 saturated carbocycles. The van der Waals surface area contributed by atoms with Gasteiger partial charge in [-0.1, -0.05) is 0 Å². The van der Waals surface area contributed by atoms with Gasteiger partial charge in [-0.15, -0.1) is 0 Å². The summed E-state index contributed by atoms with van der Waals surface area (Å²) in [5.74, 6) is 0.719. The van der Waals surface area contributed by atoms with Crippen LogP contribution in [0.2, 0.25) is 0 Å². The number of carbonyl (C=O) groups is 1. The number of halogens is 1. The van der Waals surface area contributed by atoms with E-state index in [1.807, 2.05) is 0 Å². The summed E-state index contributed by atoms with van der Waals surface area (Å²) in [6.45, 7) is 1.03. The topological polar surface area (TPSA) is 54.6 Å². The number of ether oxygens (including phenoxy) is 2. The van der Waals surface area contributed by atoms with Gasteiger partial charge in [0.25, 0.3) is 5.91 Å². The molecule has 26 heavy (non-hydrogen) atoms. The van der Waals surface area contributed by atoms with Crippen molar-refractivity contribution in [1.82, 2.24) is 9.88 Å². The average Bonchev–Trinajstić information content (AvgIpc) is 3.04. The Labute approximate surface area is 150 Å². The third-order valence-electron chi connectivity index (χ3n) is 4.86. The molecule has 0 saturated heterocycles. The van der Waals surface area contributed by atoms with Crippen LogP contribution in [0.3, 0.4) is 0 Å². The first-order valence-corrected chi connectivity index (χ1v) is 8.41. The molecular formula is C20H19FN2O3. The number of aromatic amines is 1. The lowest BCUT2D eigenvalue weighted by Crippen LogP contribution is -2.36. The summed E-state index contributed by atoms with van der Waals surface area (Å²) in [4.78, 5) is 18.1. The minimum Gasteiger partial charge on any atom is -0.497 e. The lowest BCUT2D eigenvalue weighted by molar-refractivity contribution is 0.0731. The quantitative estimate of drug-likeness (QED) is 0.783. The minimum absolute atomic E-state index is 0.110. The van der Waals surface area contributed by atoms with Crippen molar-refractivity contribution in [3.8, 4) is 11.5 Å². The maximum absolute atomic E-state index is 13.7. The fourth-order valence-corrected chi connectivity index (χ4v) is 3.51. The Hall–Kier alpha value is -3.02. The number of amides is 1. The monoisotopic (exact) mass is 354 g/mol. The highest BCUT2D eigenvalue weighted by molar-refractivity contribution is 5.97. The van der Waals surface area contributed by atoms with Gasteiger partial charge in [-0.05, 0) is 30.3 Å². The Kier molecular flexibility index (Phi) is 4.03. The van der Waals surface area contributed by atoms with Gasteiger partial charge in [0.1, 0.15) is 17.3 Å². The lowest BCUT2D eigenvalue weighted by atomic mass is 10.0. The van der Waals surface area contributed by atoms with Gasteiger partial charge in [0.2, 0.25) is 0 Å². The second-order valence-corrected chi connectivity index (χ2v) is 6.31. The Balaban J connectivity index is 1.67. The van der Waals surface area contributed by atoms with Crippen molar-refractivity contribution in [3.05, 3.63) is 59.0 Å². The van der Waals surface area contributed by atoms with Gasteiger partial charge in [0.15, 0.2) is 0 Å². The third-order valence-corrected chi connectivity index (χ3v) is 4.86. The van der Waals surface area contributed by atoms with Crippen molar-refractivity contribution in [1.29, 1.82) is 0 Å². The first-order chi connectivity index (χ1) is 12.6. The predicted molar refractivity (Wildman–Crippen MR) is 96.2 cm³/mol. The summed E-state index contributed by atoms with van der Waals surface area (Å²) in [6, 6.07) is 9.85. The van der Waals surface area contributed by atoms with Crippen molar-refractivity contribution in [2.75, 3.05) is 20.8 Å². The fraction of sp³-hybridized carbons (Fsp3) is 0.250. The lowest BCUT2D eigenvalue weighted by Gasteiger charge is -2.28. The molecule has 6 heteroatoms. The molecule has 0 bridgehead atoms. The maximum atomic E-state index is 13.7. The Morgan fingerprint density at radius 2 is 2.00 bits per heavy atom. The van der Waals surface area contributed by atoms with E-state index < -0.39 is 0 Å². The van der Waals surface area contributed by atoms with E-state index in [0.29, 0.717) is 36.6 Å². The van der Waals surface area contributed by atoms with Gasteiger partial charge in [-0.3, -0.25) is 4.79 Å². The normalized spacial score (nSPS) is 13.6. The molecule has 1 amide bonds. The maximum Gasteiger partial charge on any atom is 0.257 e. The molecule has 2 heterocycles. The van der Waals surface area contributed by atoms with Crippen LogP contribution in [0.1, 0.15) is 21.6 Å². The first kappa shape index (κ1) is 16.4. The van der Waals surface area contributed by atoms with Crippen LogP contribution in [0.4, 0.5) is 4.39 Å². The van der Waals surface area contributed by atoms with E-state index in [0.717, 1.165) is 22.2 Å². The average molecular weight is 354 g/mol. The molecule has 1 aromatic heterocycles. The minimum atomic E-state index is -0.278. The van der Waals surface area contributed by atoms with Crippen LogP contribution in [0.15, 0.2) is 36.4 Å². The molecule has 0 radical (unpaired) electrons. The van der Waals surface area contributed by atoms with Crippen LogP contribution in [0.25, 0.3) is 10.9 Å². The number of hydrogen-bond acceptors (Lipinski definition) is 3. The number of methoxy groups -OCH3 is 2. The molecule has 2 aromatic carbocycles. The number of nitrogens with zero attached hydrogens (tertiary/aromatic N) is 1. The molecule has 0 aliphatic carbocycles. The molecule has 0 atom stereocenters. The zero-order valence-electron chi connectivity index (χ0n) is 14.6. The molecule has 1 N–H and O–H groups in total. The van der Waals surface area contributed by atoms with Crippen LogP contribution in [-0.2, 0) is 13.0 Å². The molecular weight excluding hydrogens is 335 g/mol. The second kappa shape index (κ2) is 6.37. The molecule has 1 aliphatic heterocycles. The van der Waals surface area contributed by atoms with Crippen molar-refractivity contribution in [2.24, 2.45) is 0 Å². The van der Waals surface area contributed by atoms with Crippen LogP contribution in [-0.4, -0.2) is 36.6 Å². The molecule has 1 aliphatic rings. The van der Waals surface area contributed by atoms with Crippen LogP contribution in [0.5, 0.6) is 11.5 Å². The number of rotatable bonds is 3. The van der Waals surface area contributed by atoms with Gasteiger partial charge in [0, 0.05) is 47.7 Å². The summed E-state index contributed by atoms with van der Waals surface area (Å²) < 4.78 is 24.2. The summed E-state index contributed by atoms with van der Waals surface area (Å²) in [5, 5.41) is 0.833. The standard InChI is InChI=1S/C20H19FN2O3/c1-25-13-4-5-14(19(10-13)26-2)20(24)23-8-7-18-16(11-23)15-9-12(21)3-6-17(15)22-18/h3-6,9-10,22H,7-8,11H2,1-2H3. The van der Waals surface area contributed by atoms with Crippen LogP contribution in [0, 0.1) is 5.82 Å². The van der Waals surface area contributed by atoms with E-state index in [1.54, 1.807) is 36.3 Å². The van der Waals surface area contributed by atoms with E-state index in [-0.39, 0.29) is 11.7 Å². The molecule has 5 nitrogen and oxygen atoms in total. The third kappa shape index (κ3) is 2.67. The van der Waals surface area contributed by atoms with Crippen LogP contribution < -0.4 is 9.47 Å². The van der Waals surface area contributed by atoms with Crippen molar-refractivity contribution >= 4 is 16.8 Å². The van der Waals surface area contributed by atoms with Crippen molar-refractivity contribution in [3.63, 3.8) is 0 Å². The molecule has 4 rings (SSSR count). The van der Waals surface area contributed by atoms with Gasteiger partial charge in [0.05, 0.1) is 19.8 Å². The summed E-state index contributed by atoms with van der Waals surface area (Å²) in [7, 11) is 3.10. The highest BCUT2D eigenvalue weighted by atomic mass is 19.1. The summed E-state index contributed by atoms with van der Waals surface area (Å²) >= 11 is 0. The second-order valence-electron chi connectivity index (χ2n) is 6.31. The van der Waals surface area contributed by atoms with Gasteiger partial charge in [-0.25, -0.2) is 4.39 Å². The van der Waals surface area contributed by atoms with E-state index in [4.69, 9.17) is 9.47 Å². The SMILES string of the molecule is COc1ccc(C(=O)N2CCc3[nH]c4ccc(F)cc4c3C2)c(OC)c1. The van der Waals surface area contributed by atoms with E-state index >= 15 is 0 Å². The number of benzene rings is 2. The molecule has 134 valence electrons. The Morgan fingerprint density at radius 1 is 1.15 bits per heavy atom. The smallest absolute Gasteiger partial charge is 0.257 e. The number of H-pyrrole nitrogens is 1. The summed E-state index contributed by atoms with van der Waals surface area (Å²) in [5.41, 5.74) is 3.43. The number of aromatic nitrogens is 1. The van der Waals surface area contributed by atoms with E-state index in [9.17, 15) is 9.18 Å². The highest BCUT2D eigenvalue weighted by Crippen LogP contribution is 2.31. The van der Waals surface area contributed by atoms with Crippen LogP contribution >= 0.6 is 0 Å².